The summed E-state index contributed by atoms with van der Waals surface area (Å²) in [6, 6.07) is 25.5. The lowest BCUT2D eigenvalue weighted by Crippen LogP contribution is -2.15. The summed E-state index contributed by atoms with van der Waals surface area (Å²) in [4.78, 5) is 33.2. The van der Waals surface area contributed by atoms with Crippen LogP contribution in [0.1, 0.15) is 71.7 Å². The summed E-state index contributed by atoms with van der Waals surface area (Å²) in [5.74, 6) is 0.570. The Bertz CT molecular complexity index is 1790. The smallest absolute Gasteiger partial charge is 0.341 e. The highest BCUT2D eigenvalue weighted by Crippen LogP contribution is 2.41. The van der Waals surface area contributed by atoms with Crippen LogP contribution in [0.25, 0.3) is 33.3 Å². The average Bonchev–Trinajstić information content (AvgIpc) is 3.36. The Labute approximate surface area is 269 Å². The number of amides is 1. The molecule has 0 spiro atoms. The molecule has 6 nitrogen and oxygen atoms in total. The lowest BCUT2D eigenvalue weighted by Gasteiger charge is -2.12. The van der Waals surface area contributed by atoms with Crippen LogP contribution in [-0.4, -0.2) is 30.1 Å². The van der Waals surface area contributed by atoms with E-state index in [1.165, 1.54) is 16.9 Å². The SMILES string of the molecule is CCCCOc1ccc(-c2cc(C(=O)Nc3sc(C)c(-c4ccc(CC(C)C)cc4)c3C(=O)OCC)c3ccccc3n2)cc1. The zero-order valence-electron chi connectivity index (χ0n) is 26.6. The summed E-state index contributed by atoms with van der Waals surface area (Å²) in [5, 5.41) is 4.27. The molecule has 1 N–H and O–H groups in total. The number of benzene rings is 3. The first kappa shape index (κ1) is 31.9. The van der Waals surface area contributed by atoms with Gasteiger partial charge in [-0.15, -0.1) is 11.3 Å². The number of hydrogen-bond acceptors (Lipinski definition) is 6. The van der Waals surface area contributed by atoms with Crippen LogP contribution in [0.3, 0.4) is 0 Å². The van der Waals surface area contributed by atoms with Gasteiger partial charge in [-0.3, -0.25) is 4.79 Å². The molecule has 2 aromatic heterocycles. The molecule has 0 bridgehead atoms. The van der Waals surface area contributed by atoms with Gasteiger partial charge in [0, 0.05) is 21.4 Å². The van der Waals surface area contributed by atoms with E-state index in [0.717, 1.165) is 52.0 Å². The minimum atomic E-state index is -0.458. The van der Waals surface area contributed by atoms with Crippen molar-refractivity contribution in [3.63, 3.8) is 0 Å². The van der Waals surface area contributed by atoms with Gasteiger partial charge in [0.2, 0.25) is 0 Å². The highest BCUT2D eigenvalue weighted by molar-refractivity contribution is 7.17. The van der Waals surface area contributed by atoms with Crippen LogP contribution in [0.15, 0.2) is 78.9 Å². The van der Waals surface area contributed by atoms with E-state index in [-0.39, 0.29) is 12.5 Å². The zero-order chi connectivity index (χ0) is 31.9. The van der Waals surface area contributed by atoms with Crippen LogP contribution in [0.2, 0.25) is 0 Å². The van der Waals surface area contributed by atoms with Gasteiger partial charge >= 0.3 is 5.97 Å². The first-order chi connectivity index (χ1) is 21.8. The van der Waals surface area contributed by atoms with Crippen LogP contribution in [0.5, 0.6) is 5.75 Å². The van der Waals surface area contributed by atoms with Crippen LogP contribution in [0, 0.1) is 12.8 Å². The summed E-state index contributed by atoms with van der Waals surface area (Å²) >= 11 is 1.38. The van der Waals surface area contributed by atoms with Crippen molar-refractivity contribution in [2.24, 2.45) is 5.92 Å². The number of aromatic nitrogens is 1. The molecular formula is C38H40N2O4S. The van der Waals surface area contributed by atoms with E-state index in [0.29, 0.717) is 39.9 Å². The highest BCUT2D eigenvalue weighted by atomic mass is 32.1. The maximum Gasteiger partial charge on any atom is 0.341 e. The molecule has 0 aliphatic rings. The monoisotopic (exact) mass is 620 g/mol. The van der Waals surface area contributed by atoms with Crippen molar-refractivity contribution in [2.45, 2.75) is 53.9 Å². The van der Waals surface area contributed by atoms with E-state index >= 15 is 0 Å². The van der Waals surface area contributed by atoms with Gasteiger partial charge in [0.05, 0.1) is 30.0 Å². The van der Waals surface area contributed by atoms with Crippen LogP contribution in [0.4, 0.5) is 5.00 Å². The number of carbonyl (C=O) groups is 2. The fraction of sp³-hybridized carbons (Fsp3) is 0.289. The van der Waals surface area contributed by atoms with E-state index in [4.69, 9.17) is 14.5 Å². The molecule has 0 fully saturated rings. The predicted molar refractivity (Wildman–Crippen MR) is 185 cm³/mol. The number of thiophene rings is 1. The van der Waals surface area contributed by atoms with E-state index in [9.17, 15) is 9.59 Å². The quantitative estimate of drug-likeness (QED) is 0.111. The Kier molecular flexibility index (Phi) is 10.3. The molecule has 7 heteroatoms. The third-order valence-electron chi connectivity index (χ3n) is 7.55. The average molecular weight is 621 g/mol. The van der Waals surface area contributed by atoms with Crippen molar-refractivity contribution in [1.82, 2.24) is 4.98 Å². The van der Waals surface area contributed by atoms with Gasteiger partial charge in [0.25, 0.3) is 5.91 Å². The number of carbonyl (C=O) groups excluding carboxylic acids is 2. The van der Waals surface area contributed by atoms with Gasteiger partial charge in [-0.1, -0.05) is 69.7 Å². The number of nitrogens with zero attached hydrogens (tertiary/aromatic N) is 1. The fourth-order valence-electron chi connectivity index (χ4n) is 5.40. The second kappa shape index (κ2) is 14.5. The summed E-state index contributed by atoms with van der Waals surface area (Å²) < 4.78 is 11.3. The number of hydrogen-bond donors (Lipinski definition) is 1. The van der Waals surface area contributed by atoms with Crippen LogP contribution in [-0.2, 0) is 11.2 Å². The number of aryl methyl sites for hydroxylation is 1. The molecule has 2 heterocycles. The maximum absolute atomic E-state index is 14.0. The lowest BCUT2D eigenvalue weighted by atomic mass is 9.97. The molecule has 0 aliphatic carbocycles. The van der Waals surface area contributed by atoms with Crippen molar-refractivity contribution < 1.29 is 19.1 Å². The number of anilines is 1. The molecule has 45 heavy (non-hydrogen) atoms. The van der Waals surface area contributed by atoms with Gasteiger partial charge in [-0.05, 0) is 80.1 Å². The minimum Gasteiger partial charge on any atom is -0.494 e. The van der Waals surface area contributed by atoms with E-state index in [1.54, 1.807) is 6.92 Å². The summed E-state index contributed by atoms with van der Waals surface area (Å²) in [6.07, 6.45) is 3.05. The molecule has 5 aromatic rings. The van der Waals surface area contributed by atoms with Gasteiger partial charge in [0.1, 0.15) is 16.3 Å². The van der Waals surface area contributed by atoms with Crippen molar-refractivity contribution in [2.75, 3.05) is 18.5 Å². The second-order valence-corrected chi connectivity index (χ2v) is 12.7. The van der Waals surface area contributed by atoms with Crippen molar-refractivity contribution in [3.8, 4) is 28.1 Å². The van der Waals surface area contributed by atoms with Crippen molar-refractivity contribution in [1.29, 1.82) is 0 Å². The van der Waals surface area contributed by atoms with E-state index < -0.39 is 5.97 Å². The third kappa shape index (κ3) is 7.43. The summed E-state index contributed by atoms with van der Waals surface area (Å²) in [7, 11) is 0. The first-order valence-corrected chi connectivity index (χ1v) is 16.4. The number of nitrogens with one attached hydrogen (secondary N) is 1. The number of fused-ring (bicyclic) bond motifs is 1. The molecular weight excluding hydrogens is 580 g/mol. The first-order valence-electron chi connectivity index (χ1n) is 15.6. The lowest BCUT2D eigenvalue weighted by molar-refractivity contribution is 0.0529. The molecule has 0 unspecified atom stereocenters. The number of rotatable bonds is 12. The molecule has 0 saturated carbocycles. The Morgan fingerprint density at radius 1 is 0.933 bits per heavy atom. The van der Waals surface area contributed by atoms with Crippen LogP contribution >= 0.6 is 11.3 Å². The Balaban J connectivity index is 1.51. The molecule has 1 amide bonds. The summed E-state index contributed by atoms with van der Waals surface area (Å²) in [6.45, 7) is 11.2. The molecule has 0 radical (unpaired) electrons. The molecule has 0 saturated heterocycles. The summed E-state index contributed by atoms with van der Waals surface area (Å²) in [5.41, 5.74) is 6.05. The molecule has 3 aromatic carbocycles. The third-order valence-corrected chi connectivity index (χ3v) is 8.58. The fourth-order valence-corrected chi connectivity index (χ4v) is 6.45. The molecule has 5 rings (SSSR count). The van der Waals surface area contributed by atoms with Gasteiger partial charge in [-0.25, -0.2) is 9.78 Å². The largest absolute Gasteiger partial charge is 0.494 e. The zero-order valence-corrected chi connectivity index (χ0v) is 27.4. The number of unbranched alkanes of at least 4 members (excludes halogenated alkanes) is 1. The van der Waals surface area contributed by atoms with E-state index in [1.807, 2.05) is 73.7 Å². The predicted octanol–water partition coefficient (Wildman–Crippen LogP) is 9.75. The Morgan fingerprint density at radius 3 is 2.33 bits per heavy atom. The molecule has 0 aliphatic heterocycles. The standard InChI is InChI=1S/C38H40N2O4S/c1-6-8-21-44-29-19-17-27(18-20-29)33-23-31(30-11-9-10-12-32(30)39-33)36(41)40-37-35(38(42)43-7-2)34(25(5)45-37)28-15-13-26(14-16-28)22-24(3)4/h9-20,23-24H,6-8,21-22H2,1-5H3,(H,40,41). The van der Waals surface area contributed by atoms with Crippen molar-refractivity contribution >= 4 is 39.1 Å². The molecule has 0 atom stereocenters. The number of para-hydroxylation sites is 1. The Hall–Kier alpha value is -4.49. The molecule has 232 valence electrons. The number of ether oxygens (including phenoxy) is 2. The van der Waals surface area contributed by atoms with Crippen LogP contribution < -0.4 is 10.1 Å². The van der Waals surface area contributed by atoms with E-state index in [2.05, 4.69) is 38.2 Å². The van der Waals surface area contributed by atoms with Gasteiger partial charge in [0.15, 0.2) is 0 Å². The minimum absolute atomic E-state index is 0.231. The highest BCUT2D eigenvalue weighted by Gasteiger charge is 2.26. The number of pyridine rings is 1. The maximum atomic E-state index is 14.0. The van der Waals surface area contributed by atoms with Gasteiger partial charge in [-0.2, -0.15) is 0 Å². The second-order valence-electron chi connectivity index (χ2n) is 11.5. The van der Waals surface area contributed by atoms with Crippen molar-refractivity contribution in [3.05, 3.63) is 100 Å². The van der Waals surface area contributed by atoms with Gasteiger partial charge < -0.3 is 14.8 Å². The number of esters is 1. The Morgan fingerprint density at radius 2 is 1.64 bits per heavy atom. The topological polar surface area (TPSA) is 77.5 Å². The normalized spacial score (nSPS) is 11.2.